The Morgan fingerprint density at radius 1 is 1.55 bits per heavy atom. The van der Waals surface area contributed by atoms with Gasteiger partial charge in [-0.3, -0.25) is 0 Å². The zero-order chi connectivity index (χ0) is 15.0. The molecule has 2 amide bonds. The number of rotatable bonds is 7. The maximum Gasteiger partial charge on any atom is 0.326 e. The van der Waals surface area contributed by atoms with Crippen molar-refractivity contribution >= 4 is 23.8 Å². The number of ether oxygens (including phenoxy) is 1. The second kappa shape index (κ2) is 9.04. The zero-order valence-corrected chi connectivity index (χ0v) is 12.7. The van der Waals surface area contributed by atoms with Gasteiger partial charge in [-0.1, -0.05) is 0 Å². The van der Waals surface area contributed by atoms with Crippen LogP contribution in [0.25, 0.3) is 0 Å². The van der Waals surface area contributed by atoms with Crippen LogP contribution in [0.2, 0.25) is 0 Å². The highest BCUT2D eigenvalue weighted by Crippen LogP contribution is 2.02. The number of amides is 2. The van der Waals surface area contributed by atoms with Gasteiger partial charge in [-0.2, -0.15) is 11.8 Å². The number of nitrogens with one attached hydrogen (secondary N) is 2. The summed E-state index contributed by atoms with van der Waals surface area (Å²) in [7, 11) is 2.00. The number of hydrogen-bond acceptors (Lipinski definition) is 5. The van der Waals surface area contributed by atoms with Crippen molar-refractivity contribution in [2.24, 2.45) is 0 Å². The molecule has 1 fully saturated rings. The first-order chi connectivity index (χ1) is 9.52. The van der Waals surface area contributed by atoms with E-state index in [1.807, 2.05) is 13.3 Å². The van der Waals surface area contributed by atoms with Crippen LogP contribution >= 0.6 is 11.8 Å². The molecule has 7 nitrogen and oxygen atoms in total. The second-order valence-corrected chi connectivity index (χ2v) is 5.77. The molecule has 116 valence electrons. The minimum atomic E-state index is -1.01. The molecule has 0 spiro atoms. The van der Waals surface area contributed by atoms with Crippen molar-refractivity contribution in [3.05, 3.63) is 0 Å². The summed E-state index contributed by atoms with van der Waals surface area (Å²) in [5, 5.41) is 14.2. The average molecular weight is 305 g/mol. The Morgan fingerprint density at radius 2 is 2.30 bits per heavy atom. The lowest BCUT2D eigenvalue weighted by Crippen LogP contribution is -2.51. The summed E-state index contributed by atoms with van der Waals surface area (Å²) in [6.45, 7) is 2.68. The fraction of sp³-hybridized carbons (Fsp3) is 0.833. The molecule has 1 heterocycles. The van der Waals surface area contributed by atoms with E-state index >= 15 is 0 Å². The van der Waals surface area contributed by atoms with Crippen molar-refractivity contribution < 1.29 is 19.4 Å². The van der Waals surface area contributed by atoms with E-state index < -0.39 is 18.0 Å². The van der Waals surface area contributed by atoms with Crippen LogP contribution in [0.15, 0.2) is 0 Å². The molecule has 1 aliphatic rings. The molecule has 0 aromatic heterocycles. The SMILES string of the molecule is CSCC[C@H](NC(=O)NCC1CN(C)CCO1)C(=O)O. The van der Waals surface area contributed by atoms with Crippen LogP contribution in [0.4, 0.5) is 4.79 Å². The molecule has 0 aliphatic carbocycles. The van der Waals surface area contributed by atoms with E-state index in [1.165, 1.54) is 0 Å². The highest BCUT2D eigenvalue weighted by Gasteiger charge is 2.21. The number of likely N-dealkylation sites (N-methyl/N-ethyl adjacent to an activating group) is 1. The molecule has 1 saturated heterocycles. The van der Waals surface area contributed by atoms with Crippen molar-refractivity contribution in [1.29, 1.82) is 0 Å². The van der Waals surface area contributed by atoms with Crippen molar-refractivity contribution in [1.82, 2.24) is 15.5 Å². The van der Waals surface area contributed by atoms with Gasteiger partial charge in [-0.15, -0.1) is 0 Å². The molecule has 1 aliphatic heterocycles. The lowest BCUT2D eigenvalue weighted by atomic mass is 10.2. The second-order valence-electron chi connectivity index (χ2n) is 4.78. The molecule has 2 atom stereocenters. The Morgan fingerprint density at radius 3 is 2.90 bits per heavy atom. The monoisotopic (exact) mass is 305 g/mol. The molecule has 0 saturated carbocycles. The molecule has 3 N–H and O–H groups in total. The minimum Gasteiger partial charge on any atom is -0.480 e. The van der Waals surface area contributed by atoms with E-state index in [0.717, 1.165) is 13.1 Å². The summed E-state index contributed by atoms with van der Waals surface area (Å²) in [5.74, 6) is -0.323. The average Bonchev–Trinajstić information content (AvgIpc) is 2.41. The predicted molar refractivity (Wildman–Crippen MR) is 78.2 cm³/mol. The van der Waals surface area contributed by atoms with E-state index in [1.54, 1.807) is 11.8 Å². The van der Waals surface area contributed by atoms with Gasteiger partial charge < -0.3 is 25.4 Å². The topological polar surface area (TPSA) is 90.9 Å². The lowest BCUT2D eigenvalue weighted by molar-refractivity contribution is -0.139. The predicted octanol–water partition coefficient (Wildman–Crippen LogP) is -0.177. The van der Waals surface area contributed by atoms with Gasteiger partial charge in [-0.05, 0) is 25.5 Å². The summed E-state index contributed by atoms with van der Waals surface area (Å²) in [4.78, 5) is 24.8. The first-order valence-corrected chi connectivity index (χ1v) is 7.98. The first kappa shape index (κ1) is 17.1. The van der Waals surface area contributed by atoms with Crippen LogP contribution in [0.3, 0.4) is 0 Å². The summed E-state index contributed by atoms with van der Waals surface area (Å²) in [5.41, 5.74) is 0. The Kier molecular flexibility index (Phi) is 7.71. The number of thioether (sulfide) groups is 1. The van der Waals surface area contributed by atoms with Gasteiger partial charge in [-0.25, -0.2) is 9.59 Å². The molecule has 1 rings (SSSR count). The number of urea groups is 1. The molecular weight excluding hydrogens is 282 g/mol. The number of morpholine rings is 1. The number of carboxylic acids is 1. The maximum atomic E-state index is 11.7. The Labute approximate surface area is 123 Å². The Bertz CT molecular complexity index is 330. The van der Waals surface area contributed by atoms with Crippen LogP contribution < -0.4 is 10.6 Å². The smallest absolute Gasteiger partial charge is 0.326 e. The number of carboxylic acid groups (broad SMARTS) is 1. The largest absolute Gasteiger partial charge is 0.480 e. The van der Waals surface area contributed by atoms with Gasteiger partial charge in [0.15, 0.2) is 0 Å². The highest BCUT2D eigenvalue weighted by atomic mass is 32.2. The molecule has 0 bridgehead atoms. The van der Waals surface area contributed by atoms with E-state index in [2.05, 4.69) is 15.5 Å². The van der Waals surface area contributed by atoms with Gasteiger partial charge in [0, 0.05) is 19.6 Å². The number of aliphatic carboxylic acids is 1. The van der Waals surface area contributed by atoms with Gasteiger partial charge in [0.1, 0.15) is 6.04 Å². The number of hydrogen-bond donors (Lipinski definition) is 3. The Hall–Kier alpha value is -0.990. The van der Waals surface area contributed by atoms with E-state index in [4.69, 9.17) is 9.84 Å². The highest BCUT2D eigenvalue weighted by molar-refractivity contribution is 7.98. The van der Waals surface area contributed by atoms with Crippen LogP contribution in [-0.2, 0) is 9.53 Å². The summed E-state index contributed by atoms with van der Waals surface area (Å²) >= 11 is 1.55. The van der Waals surface area contributed by atoms with Crippen molar-refractivity contribution in [3.63, 3.8) is 0 Å². The van der Waals surface area contributed by atoms with Crippen LogP contribution in [0.1, 0.15) is 6.42 Å². The van der Waals surface area contributed by atoms with E-state index in [-0.39, 0.29) is 6.10 Å². The van der Waals surface area contributed by atoms with Crippen molar-refractivity contribution in [2.45, 2.75) is 18.6 Å². The Balaban J connectivity index is 2.28. The lowest BCUT2D eigenvalue weighted by Gasteiger charge is -2.30. The van der Waals surface area contributed by atoms with Gasteiger partial charge in [0.2, 0.25) is 0 Å². The van der Waals surface area contributed by atoms with Crippen molar-refractivity contribution in [2.75, 3.05) is 45.3 Å². The molecule has 8 heteroatoms. The molecular formula is C12H23N3O4S. The van der Waals surface area contributed by atoms with Gasteiger partial charge in [0.25, 0.3) is 0 Å². The quantitative estimate of drug-likeness (QED) is 0.604. The van der Waals surface area contributed by atoms with Crippen LogP contribution in [0, 0.1) is 0 Å². The fourth-order valence-electron chi connectivity index (χ4n) is 1.90. The molecule has 20 heavy (non-hydrogen) atoms. The third kappa shape index (κ3) is 6.44. The van der Waals surface area contributed by atoms with Crippen molar-refractivity contribution in [3.8, 4) is 0 Å². The van der Waals surface area contributed by atoms with Crippen LogP contribution in [-0.4, -0.2) is 79.5 Å². The normalized spacial score (nSPS) is 21.2. The van der Waals surface area contributed by atoms with Gasteiger partial charge in [0.05, 0.1) is 12.7 Å². The van der Waals surface area contributed by atoms with Gasteiger partial charge >= 0.3 is 12.0 Å². The maximum absolute atomic E-state index is 11.7. The first-order valence-electron chi connectivity index (χ1n) is 6.59. The van der Waals surface area contributed by atoms with E-state index in [9.17, 15) is 9.59 Å². The standard InChI is InChI=1S/C12H23N3O4S/c1-15-4-5-19-9(8-15)7-13-12(18)14-10(11(16)17)3-6-20-2/h9-10H,3-8H2,1-2H3,(H,16,17)(H2,13,14,18)/t9?,10-/m0/s1. The summed E-state index contributed by atoms with van der Waals surface area (Å²) < 4.78 is 5.51. The summed E-state index contributed by atoms with van der Waals surface area (Å²) in [6.07, 6.45) is 2.26. The number of carbonyl (C=O) groups is 2. The molecule has 1 unspecified atom stereocenters. The van der Waals surface area contributed by atoms with E-state index in [0.29, 0.717) is 25.3 Å². The number of carbonyl (C=O) groups excluding carboxylic acids is 1. The molecule has 0 aromatic carbocycles. The number of nitrogens with zero attached hydrogens (tertiary/aromatic N) is 1. The minimum absolute atomic E-state index is 0.0472. The third-order valence-electron chi connectivity index (χ3n) is 3.05. The fourth-order valence-corrected chi connectivity index (χ4v) is 2.37. The van der Waals surface area contributed by atoms with Crippen LogP contribution in [0.5, 0.6) is 0 Å². The third-order valence-corrected chi connectivity index (χ3v) is 3.69. The summed E-state index contributed by atoms with van der Waals surface area (Å²) in [6, 6.07) is -1.31. The zero-order valence-electron chi connectivity index (χ0n) is 11.9. The molecule has 0 aromatic rings. The molecule has 0 radical (unpaired) electrons.